The summed E-state index contributed by atoms with van der Waals surface area (Å²) in [5.41, 5.74) is -0.870. The maximum absolute atomic E-state index is 12.9. The van der Waals surface area contributed by atoms with Crippen molar-refractivity contribution in [1.82, 2.24) is 0 Å². The molecule has 1 aromatic carbocycles. The number of carbonyl (C=O) groups is 1. The number of nitrogens with zero attached hydrogens (tertiary/aromatic N) is 2. The molecule has 20 heavy (non-hydrogen) atoms. The lowest BCUT2D eigenvalue weighted by molar-refractivity contribution is -0.137. The largest absolute Gasteiger partial charge is 0.417 e. The molecular formula is C14H13F3N2O. The van der Waals surface area contributed by atoms with Crippen LogP contribution in [-0.2, 0) is 6.18 Å². The number of anilines is 1. The average molecular weight is 282 g/mol. The van der Waals surface area contributed by atoms with Gasteiger partial charge in [0.2, 0.25) is 0 Å². The highest BCUT2D eigenvalue weighted by Gasteiger charge is 2.35. The number of aldehydes is 1. The van der Waals surface area contributed by atoms with Crippen molar-refractivity contribution in [3.63, 3.8) is 0 Å². The van der Waals surface area contributed by atoms with Crippen LogP contribution in [-0.4, -0.2) is 18.9 Å². The van der Waals surface area contributed by atoms with Crippen LogP contribution in [0.15, 0.2) is 18.2 Å². The van der Waals surface area contributed by atoms with Crippen molar-refractivity contribution >= 4 is 12.0 Å². The molecule has 0 atom stereocenters. The van der Waals surface area contributed by atoms with E-state index in [1.165, 1.54) is 12.1 Å². The van der Waals surface area contributed by atoms with Crippen LogP contribution >= 0.6 is 0 Å². The van der Waals surface area contributed by atoms with Crippen LogP contribution in [0.25, 0.3) is 0 Å². The third-order valence-electron chi connectivity index (χ3n) is 3.25. The van der Waals surface area contributed by atoms with Crippen molar-refractivity contribution in [3.8, 4) is 6.07 Å². The predicted octanol–water partition coefficient (Wildman–Crippen LogP) is 3.40. The zero-order valence-corrected chi connectivity index (χ0v) is 10.7. The van der Waals surface area contributed by atoms with Gasteiger partial charge in [0.1, 0.15) is 0 Å². The second-order valence-electron chi connectivity index (χ2n) is 4.72. The van der Waals surface area contributed by atoms with E-state index in [1.807, 2.05) is 11.0 Å². The number of hydrogen-bond donors (Lipinski definition) is 0. The fourth-order valence-corrected chi connectivity index (χ4v) is 2.15. The monoisotopic (exact) mass is 282 g/mol. The summed E-state index contributed by atoms with van der Waals surface area (Å²) < 4.78 is 38.8. The lowest BCUT2D eigenvalue weighted by Crippen LogP contribution is -2.27. The summed E-state index contributed by atoms with van der Waals surface area (Å²) in [6, 6.07) is 5.89. The number of halogens is 3. The molecule has 0 N–H and O–H groups in total. The Morgan fingerprint density at radius 1 is 1.40 bits per heavy atom. The summed E-state index contributed by atoms with van der Waals surface area (Å²) >= 11 is 0. The van der Waals surface area contributed by atoms with Crippen molar-refractivity contribution in [3.05, 3.63) is 29.3 Å². The maximum atomic E-state index is 12.9. The molecule has 0 aromatic heterocycles. The lowest BCUT2D eigenvalue weighted by Gasteiger charge is -2.25. The Balaban J connectivity index is 2.36. The molecule has 2 rings (SSSR count). The number of carbonyl (C=O) groups excluding carboxylic acids is 1. The van der Waals surface area contributed by atoms with Crippen molar-refractivity contribution in [2.24, 2.45) is 0 Å². The fraction of sp³-hybridized carbons (Fsp3) is 0.429. The maximum Gasteiger partial charge on any atom is 0.417 e. The highest BCUT2D eigenvalue weighted by atomic mass is 19.4. The van der Waals surface area contributed by atoms with Crippen molar-refractivity contribution in [2.75, 3.05) is 11.4 Å². The van der Waals surface area contributed by atoms with Crippen LogP contribution in [0.1, 0.15) is 35.2 Å². The SMILES string of the molecule is N#CCCN(c1ccc(C=O)c(C(F)(F)F)c1)C1CC1. The highest BCUT2D eigenvalue weighted by Crippen LogP contribution is 2.37. The first-order valence-corrected chi connectivity index (χ1v) is 6.27. The molecule has 3 nitrogen and oxygen atoms in total. The van der Waals surface area contributed by atoms with Gasteiger partial charge >= 0.3 is 6.18 Å². The molecule has 1 fully saturated rings. The molecule has 1 aliphatic rings. The molecule has 0 aliphatic heterocycles. The molecule has 0 heterocycles. The van der Waals surface area contributed by atoms with Crippen LogP contribution in [0.4, 0.5) is 18.9 Å². The predicted molar refractivity (Wildman–Crippen MR) is 67.4 cm³/mol. The molecule has 1 aliphatic carbocycles. The minimum atomic E-state index is -4.56. The molecule has 0 bridgehead atoms. The van der Waals surface area contributed by atoms with Gasteiger partial charge < -0.3 is 4.90 Å². The van der Waals surface area contributed by atoms with Crippen LogP contribution in [0.3, 0.4) is 0 Å². The summed E-state index contributed by atoms with van der Waals surface area (Å²) in [7, 11) is 0. The van der Waals surface area contributed by atoms with Gasteiger partial charge in [-0.25, -0.2) is 0 Å². The number of rotatable bonds is 5. The zero-order valence-electron chi connectivity index (χ0n) is 10.7. The van der Waals surface area contributed by atoms with Gasteiger partial charge in [-0.15, -0.1) is 0 Å². The Labute approximate surface area is 114 Å². The summed E-state index contributed by atoms with van der Waals surface area (Å²) in [5.74, 6) is 0. The first-order chi connectivity index (χ1) is 9.47. The van der Waals surface area contributed by atoms with E-state index < -0.39 is 11.7 Å². The second kappa shape index (κ2) is 5.53. The molecular weight excluding hydrogens is 269 g/mol. The topological polar surface area (TPSA) is 44.1 Å². The van der Waals surface area contributed by atoms with Gasteiger partial charge in [0.05, 0.1) is 18.1 Å². The molecule has 0 radical (unpaired) electrons. The van der Waals surface area contributed by atoms with Crippen molar-refractivity contribution < 1.29 is 18.0 Å². The Kier molecular flexibility index (Phi) is 3.98. The van der Waals surface area contributed by atoms with Crippen molar-refractivity contribution in [2.45, 2.75) is 31.5 Å². The number of nitriles is 1. The zero-order chi connectivity index (χ0) is 14.8. The summed E-state index contributed by atoms with van der Waals surface area (Å²) in [6.07, 6.45) is -2.25. The molecule has 1 saturated carbocycles. The Morgan fingerprint density at radius 3 is 2.60 bits per heavy atom. The number of benzene rings is 1. The Morgan fingerprint density at radius 2 is 2.10 bits per heavy atom. The number of hydrogen-bond acceptors (Lipinski definition) is 3. The molecule has 0 unspecified atom stereocenters. The van der Waals surface area contributed by atoms with Gasteiger partial charge in [0.25, 0.3) is 0 Å². The first kappa shape index (κ1) is 14.4. The normalized spacial score (nSPS) is 14.7. The van der Waals surface area contributed by atoms with Crippen LogP contribution < -0.4 is 4.90 Å². The van der Waals surface area contributed by atoms with E-state index in [4.69, 9.17) is 5.26 Å². The third kappa shape index (κ3) is 3.10. The fourth-order valence-electron chi connectivity index (χ4n) is 2.15. The summed E-state index contributed by atoms with van der Waals surface area (Å²) in [5, 5.41) is 8.63. The van der Waals surface area contributed by atoms with Gasteiger partial charge in [0, 0.05) is 23.8 Å². The van der Waals surface area contributed by atoms with E-state index in [-0.39, 0.29) is 24.3 Å². The van der Waals surface area contributed by atoms with Gasteiger partial charge in [-0.3, -0.25) is 4.79 Å². The highest BCUT2D eigenvalue weighted by molar-refractivity contribution is 5.79. The molecule has 1 aromatic rings. The minimum absolute atomic E-state index is 0.200. The van der Waals surface area contributed by atoms with Crippen LogP contribution in [0, 0.1) is 11.3 Å². The van der Waals surface area contributed by atoms with E-state index in [2.05, 4.69) is 0 Å². The quantitative estimate of drug-likeness (QED) is 0.777. The van der Waals surface area contributed by atoms with Gasteiger partial charge in [-0.05, 0) is 31.0 Å². The van der Waals surface area contributed by atoms with Crippen LogP contribution in [0.5, 0.6) is 0 Å². The molecule has 0 saturated heterocycles. The minimum Gasteiger partial charge on any atom is -0.368 e. The Hall–Kier alpha value is -2.03. The third-order valence-corrected chi connectivity index (χ3v) is 3.25. The average Bonchev–Trinajstić information content (AvgIpc) is 3.22. The molecule has 106 valence electrons. The Bertz CT molecular complexity index is 544. The standard InChI is InChI=1S/C14H13F3N2O/c15-14(16,17)13-8-12(3-2-10(13)9-20)19(7-1-6-18)11-4-5-11/h2-3,8-9,11H,1,4-5,7H2. The van der Waals surface area contributed by atoms with Gasteiger partial charge in [-0.1, -0.05) is 0 Å². The van der Waals surface area contributed by atoms with Crippen LogP contribution in [0.2, 0.25) is 0 Å². The van der Waals surface area contributed by atoms with E-state index >= 15 is 0 Å². The molecule has 0 spiro atoms. The van der Waals surface area contributed by atoms with E-state index in [9.17, 15) is 18.0 Å². The second-order valence-corrected chi connectivity index (χ2v) is 4.72. The summed E-state index contributed by atoms with van der Waals surface area (Å²) in [4.78, 5) is 12.5. The number of alkyl halides is 3. The molecule has 0 amide bonds. The van der Waals surface area contributed by atoms with E-state index in [0.717, 1.165) is 18.9 Å². The van der Waals surface area contributed by atoms with Gasteiger partial charge in [-0.2, -0.15) is 18.4 Å². The van der Waals surface area contributed by atoms with Crippen molar-refractivity contribution in [1.29, 1.82) is 5.26 Å². The summed E-state index contributed by atoms with van der Waals surface area (Å²) in [6.45, 7) is 0.402. The van der Waals surface area contributed by atoms with E-state index in [1.54, 1.807) is 0 Å². The molecule has 6 heteroatoms. The van der Waals surface area contributed by atoms with E-state index in [0.29, 0.717) is 12.2 Å². The smallest absolute Gasteiger partial charge is 0.368 e. The van der Waals surface area contributed by atoms with Gasteiger partial charge in [0.15, 0.2) is 6.29 Å². The lowest BCUT2D eigenvalue weighted by atomic mass is 10.1. The first-order valence-electron chi connectivity index (χ1n) is 6.27.